The van der Waals surface area contributed by atoms with Crippen LogP contribution in [0.5, 0.6) is 5.75 Å². The van der Waals surface area contributed by atoms with Gasteiger partial charge >= 0.3 is 0 Å². The number of rotatable bonds is 2. The molecule has 0 aromatic heterocycles. The zero-order valence-corrected chi connectivity index (χ0v) is 7.12. The molecule has 1 unspecified atom stereocenters. The van der Waals surface area contributed by atoms with Crippen LogP contribution in [0, 0.1) is 0 Å². The molecule has 0 heterocycles. The molecule has 1 rings (SSSR count). The molecule has 3 heteroatoms. The monoisotopic (exact) mass is 184 g/mol. The molecule has 0 aliphatic rings. The smallest absolute Gasteiger partial charge is 0.134 e. The first-order valence-corrected chi connectivity index (χ1v) is 3.82. The maximum absolute atomic E-state index is 9.29. The van der Waals surface area contributed by atoms with E-state index in [4.69, 9.17) is 16.7 Å². The summed E-state index contributed by atoms with van der Waals surface area (Å²) in [5.74, 6) is 0.0108. The van der Waals surface area contributed by atoms with E-state index in [1.165, 1.54) is 18.2 Å². The number of aliphatic hydroxyl groups is 1. The largest absolute Gasteiger partial charge is 0.506 e. The summed E-state index contributed by atoms with van der Waals surface area (Å²) in [5, 5.41) is 18.6. The minimum atomic E-state index is -0.733. The van der Waals surface area contributed by atoms with Crippen LogP contribution in [0.15, 0.2) is 30.9 Å². The molecule has 0 aliphatic heterocycles. The molecule has 0 aliphatic carbocycles. The Hall–Kier alpha value is -0.990. The second-order valence-electron chi connectivity index (χ2n) is 2.39. The predicted molar refractivity (Wildman–Crippen MR) is 48.3 cm³/mol. The van der Waals surface area contributed by atoms with Gasteiger partial charge in [0.1, 0.15) is 5.75 Å². The van der Waals surface area contributed by atoms with E-state index in [1.54, 1.807) is 6.07 Å². The first-order chi connectivity index (χ1) is 5.65. The molecule has 0 amide bonds. The van der Waals surface area contributed by atoms with Gasteiger partial charge in [0.25, 0.3) is 0 Å². The maximum Gasteiger partial charge on any atom is 0.134 e. The Morgan fingerprint density at radius 1 is 1.50 bits per heavy atom. The molecule has 0 saturated heterocycles. The second-order valence-corrected chi connectivity index (χ2v) is 2.80. The highest BCUT2D eigenvalue weighted by atomic mass is 35.5. The molecule has 2 nitrogen and oxygen atoms in total. The van der Waals surface area contributed by atoms with Crippen LogP contribution in [0.2, 0.25) is 5.02 Å². The van der Waals surface area contributed by atoms with Crippen molar-refractivity contribution in [3.05, 3.63) is 41.4 Å². The van der Waals surface area contributed by atoms with Crippen molar-refractivity contribution in [2.24, 2.45) is 0 Å². The van der Waals surface area contributed by atoms with Crippen LogP contribution >= 0.6 is 11.6 Å². The number of hydrogen-bond donors (Lipinski definition) is 2. The van der Waals surface area contributed by atoms with Gasteiger partial charge in [-0.15, -0.1) is 6.58 Å². The van der Waals surface area contributed by atoms with E-state index >= 15 is 0 Å². The Balaban J connectivity index is 3.04. The zero-order chi connectivity index (χ0) is 9.14. The highest BCUT2D eigenvalue weighted by molar-refractivity contribution is 6.32. The molecule has 2 N–H and O–H groups in total. The van der Waals surface area contributed by atoms with Gasteiger partial charge in [0.15, 0.2) is 0 Å². The number of benzene rings is 1. The van der Waals surface area contributed by atoms with Crippen molar-refractivity contribution in [3.8, 4) is 5.75 Å². The Morgan fingerprint density at radius 2 is 2.17 bits per heavy atom. The van der Waals surface area contributed by atoms with Crippen molar-refractivity contribution in [2.75, 3.05) is 0 Å². The molecule has 0 spiro atoms. The van der Waals surface area contributed by atoms with E-state index < -0.39 is 6.10 Å². The molecule has 1 aromatic rings. The van der Waals surface area contributed by atoms with Gasteiger partial charge in [-0.25, -0.2) is 0 Å². The number of halogens is 1. The van der Waals surface area contributed by atoms with Crippen LogP contribution < -0.4 is 0 Å². The first kappa shape index (κ1) is 9.10. The molecule has 1 aromatic carbocycles. The molecule has 0 saturated carbocycles. The van der Waals surface area contributed by atoms with Crippen LogP contribution in [0.3, 0.4) is 0 Å². The van der Waals surface area contributed by atoms with Crippen LogP contribution in [-0.2, 0) is 0 Å². The Labute approximate surface area is 75.7 Å². The normalized spacial score (nSPS) is 12.5. The average molecular weight is 185 g/mol. The van der Waals surface area contributed by atoms with Gasteiger partial charge in [-0.2, -0.15) is 0 Å². The maximum atomic E-state index is 9.29. The lowest BCUT2D eigenvalue weighted by Gasteiger charge is -2.05. The zero-order valence-electron chi connectivity index (χ0n) is 6.37. The summed E-state index contributed by atoms with van der Waals surface area (Å²) in [7, 11) is 0. The van der Waals surface area contributed by atoms with E-state index in [9.17, 15) is 5.11 Å². The predicted octanol–water partition coefficient (Wildman–Crippen LogP) is 2.26. The lowest BCUT2D eigenvalue weighted by molar-refractivity contribution is 0.229. The quantitative estimate of drug-likeness (QED) is 0.693. The van der Waals surface area contributed by atoms with Crippen molar-refractivity contribution in [2.45, 2.75) is 6.10 Å². The molecule has 1 atom stereocenters. The minimum absolute atomic E-state index is 0.0108. The molecule has 0 fully saturated rings. The lowest BCUT2D eigenvalue weighted by atomic mass is 10.1. The van der Waals surface area contributed by atoms with Gasteiger partial charge in [-0.3, -0.25) is 0 Å². The van der Waals surface area contributed by atoms with E-state index in [-0.39, 0.29) is 10.8 Å². The summed E-state index contributed by atoms with van der Waals surface area (Å²) in [5.41, 5.74) is 0.618. The number of phenols is 1. The topological polar surface area (TPSA) is 40.5 Å². The van der Waals surface area contributed by atoms with Gasteiger partial charge in [-0.1, -0.05) is 23.7 Å². The molecular weight excluding hydrogens is 176 g/mol. The third-order valence-electron chi connectivity index (χ3n) is 1.54. The summed E-state index contributed by atoms with van der Waals surface area (Å²) in [6, 6.07) is 4.53. The fraction of sp³-hybridized carbons (Fsp3) is 0.111. The average Bonchev–Trinajstić information content (AvgIpc) is 2.08. The highest BCUT2D eigenvalue weighted by Gasteiger charge is 2.04. The van der Waals surface area contributed by atoms with Crippen molar-refractivity contribution in [1.82, 2.24) is 0 Å². The summed E-state index contributed by atoms with van der Waals surface area (Å²) in [6.07, 6.45) is 0.658. The molecular formula is C9H9ClO2. The van der Waals surface area contributed by atoms with Gasteiger partial charge in [0, 0.05) is 0 Å². The molecule has 64 valence electrons. The Bertz CT molecular complexity index is 297. The Kier molecular flexibility index (Phi) is 2.74. The standard InChI is InChI=1S/C9H9ClO2/c1-2-8(11)6-3-4-9(12)7(10)5-6/h2-5,8,11-12H,1H2. The van der Waals surface area contributed by atoms with E-state index in [0.717, 1.165) is 0 Å². The summed E-state index contributed by atoms with van der Waals surface area (Å²) < 4.78 is 0. The van der Waals surface area contributed by atoms with Crippen molar-refractivity contribution in [3.63, 3.8) is 0 Å². The van der Waals surface area contributed by atoms with Crippen LogP contribution in [-0.4, -0.2) is 10.2 Å². The van der Waals surface area contributed by atoms with Gasteiger partial charge in [-0.05, 0) is 17.7 Å². The number of aromatic hydroxyl groups is 1. The SMILES string of the molecule is C=CC(O)c1ccc(O)c(Cl)c1. The van der Waals surface area contributed by atoms with E-state index in [1.807, 2.05) is 0 Å². The van der Waals surface area contributed by atoms with Gasteiger partial charge in [0.2, 0.25) is 0 Å². The molecule has 12 heavy (non-hydrogen) atoms. The summed E-state index contributed by atoms with van der Waals surface area (Å²) >= 11 is 5.62. The fourth-order valence-electron chi connectivity index (χ4n) is 0.843. The minimum Gasteiger partial charge on any atom is -0.506 e. The third-order valence-corrected chi connectivity index (χ3v) is 1.84. The molecule has 0 radical (unpaired) electrons. The third kappa shape index (κ3) is 1.78. The lowest BCUT2D eigenvalue weighted by Crippen LogP contribution is -1.91. The van der Waals surface area contributed by atoms with Crippen molar-refractivity contribution < 1.29 is 10.2 Å². The number of aliphatic hydroxyl groups excluding tert-OH is 1. The summed E-state index contributed by atoms with van der Waals surface area (Å²) in [6.45, 7) is 3.43. The summed E-state index contributed by atoms with van der Waals surface area (Å²) in [4.78, 5) is 0. The fourth-order valence-corrected chi connectivity index (χ4v) is 1.03. The molecule has 0 bridgehead atoms. The second kappa shape index (κ2) is 3.61. The van der Waals surface area contributed by atoms with E-state index in [2.05, 4.69) is 6.58 Å². The van der Waals surface area contributed by atoms with Crippen LogP contribution in [0.25, 0.3) is 0 Å². The van der Waals surface area contributed by atoms with Gasteiger partial charge < -0.3 is 10.2 Å². The number of hydrogen-bond acceptors (Lipinski definition) is 2. The van der Waals surface area contributed by atoms with Gasteiger partial charge in [0.05, 0.1) is 11.1 Å². The number of phenolic OH excluding ortho intramolecular Hbond substituents is 1. The first-order valence-electron chi connectivity index (χ1n) is 3.44. The van der Waals surface area contributed by atoms with Crippen LogP contribution in [0.4, 0.5) is 0 Å². The highest BCUT2D eigenvalue weighted by Crippen LogP contribution is 2.26. The van der Waals surface area contributed by atoms with E-state index in [0.29, 0.717) is 5.56 Å². The van der Waals surface area contributed by atoms with Crippen molar-refractivity contribution in [1.29, 1.82) is 0 Å². The Morgan fingerprint density at radius 3 is 2.67 bits per heavy atom. The van der Waals surface area contributed by atoms with Crippen LogP contribution in [0.1, 0.15) is 11.7 Å². The van der Waals surface area contributed by atoms with Crippen molar-refractivity contribution >= 4 is 11.6 Å².